The van der Waals surface area contributed by atoms with Gasteiger partial charge in [0.15, 0.2) is 11.6 Å². The Morgan fingerprint density at radius 1 is 1.29 bits per heavy atom. The molecule has 0 saturated carbocycles. The predicted molar refractivity (Wildman–Crippen MR) is 76.8 cm³/mol. The third-order valence-corrected chi connectivity index (χ3v) is 3.03. The second-order valence-corrected chi connectivity index (χ2v) is 4.44. The average Bonchev–Trinajstić information content (AvgIpc) is 2.49. The highest BCUT2D eigenvalue weighted by Crippen LogP contribution is 2.20. The molecule has 0 saturated heterocycles. The van der Waals surface area contributed by atoms with E-state index in [0.29, 0.717) is 11.3 Å². The SMILES string of the molecule is COc1ccc(C(=O)Nc2cc(C#N)ccc2C)cc1F. The number of carbonyl (C=O) groups is 1. The minimum atomic E-state index is -0.604. The van der Waals surface area contributed by atoms with Gasteiger partial charge in [-0.15, -0.1) is 0 Å². The normalized spacial score (nSPS) is 9.81. The Hall–Kier alpha value is -2.87. The second kappa shape index (κ2) is 6.06. The number of carbonyl (C=O) groups excluding carboxylic acids is 1. The Morgan fingerprint density at radius 3 is 2.67 bits per heavy atom. The number of anilines is 1. The van der Waals surface area contributed by atoms with Gasteiger partial charge in [-0.1, -0.05) is 6.07 Å². The topological polar surface area (TPSA) is 62.1 Å². The van der Waals surface area contributed by atoms with E-state index in [1.54, 1.807) is 18.2 Å². The summed E-state index contributed by atoms with van der Waals surface area (Å²) in [5.41, 5.74) is 1.96. The molecule has 21 heavy (non-hydrogen) atoms. The first-order valence-corrected chi connectivity index (χ1v) is 6.21. The van der Waals surface area contributed by atoms with Crippen LogP contribution in [-0.2, 0) is 0 Å². The van der Waals surface area contributed by atoms with Gasteiger partial charge in [0.05, 0.1) is 18.7 Å². The number of nitrogens with one attached hydrogen (secondary N) is 1. The molecule has 2 rings (SSSR count). The number of hydrogen-bond acceptors (Lipinski definition) is 3. The lowest BCUT2D eigenvalue weighted by molar-refractivity contribution is 0.102. The summed E-state index contributed by atoms with van der Waals surface area (Å²) in [5, 5.41) is 11.5. The van der Waals surface area contributed by atoms with Crippen LogP contribution in [0, 0.1) is 24.1 Å². The Morgan fingerprint density at radius 2 is 2.05 bits per heavy atom. The largest absolute Gasteiger partial charge is 0.494 e. The number of nitriles is 1. The van der Waals surface area contributed by atoms with Crippen molar-refractivity contribution < 1.29 is 13.9 Å². The van der Waals surface area contributed by atoms with E-state index in [1.807, 2.05) is 13.0 Å². The first-order chi connectivity index (χ1) is 10.0. The van der Waals surface area contributed by atoms with Gasteiger partial charge < -0.3 is 10.1 Å². The molecule has 2 aromatic rings. The molecule has 0 fully saturated rings. The molecule has 0 spiro atoms. The number of hydrogen-bond donors (Lipinski definition) is 1. The molecule has 5 heteroatoms. The summed E-state index contributed by atoms with van der Waals surface area (Å²) < 4.78 is 18.4. The monoisotopic (exact) mass is 284 g/mol. The zero-order valence-corrected chi connectivity index (χ0v) is 11.6. The molecule has 0 heterocycles. The van der Waals surface area contributed by atoms with Gasteiger partial charge in [-0.05, 0) is 42.8 Å². The first-order valence-electron chi connectivity index (χ1n) is 6.21. The van der Waals surface area contributed by atoms with Gasteiger partial charge in [0.2, 0.25) is 0 Å². The van der Waals surface area contributed by atoms with Crippen molar-refractivity contribution in [2.24, 2.45) is 0 Å². The summed E-state index contributed by atoms with van der Waals surface area (Å²) in [5.74, 6) is -0.975. The Balaban J connectivity index is 2.26. The molecular formula is C16H13FN2O2. The molecular weight excluding hydrogens is 271 g/mol. The van der Waals surface area contributed by atoms with E-state index in [0.717, 1.165) is 11.6 Å². The van der Waals surface area contributed by atoms with E-state index < -0.39 is 11.7 Å². The Bertz CT molecular complexity index is 736. The molecule has 0 radical (unpaired) electrons. The van der Waals surface area contributed by atoms with Crippen molar-refractivity contribution in [3.05, 3.63) is 58.9 Å². The van der Waals surface area contributed by atoms with Crippen LogP contribution in [0.15, 0.2) is 36.4 Å². The summed E-state index contributed by atoms with van der Waals surface area (Å²) in [6, 6.07) is 11.0. The number of rotatable bonds is 3. The number of amides is 1. The van der Waals surface area contributed by atoms with Crippen molar-refractivity contribution in [3.63, 3.8) is 0 Å². The number of methoxy groups -OCH3 is 1. The summed E-state index contributed by atoms with van der Waals surface area (Å²) in [7, 11) is 1.36. The van der Waals surface area contributed by atoms with Gasteiger partial charge in [-0.25, -0.2) is 4.39 Å². The van der Waals surface area contributed by atoms with Crippen molar-refractivity contribution in [3.8, 4) is 11.8 Å². The second-order valence-electron chi connectivity index (χ2n) is 4.44. The van der Waals surface area contributed by atoms with Crippen molar-refractivity contribution in [1.82, 2.24) is 0 Å². The average molecular weight is 284 g/mol. The van der Waals surface area contributed by atoms with Gasteiger partial charge >= 0.3 is 0 Å². The maximum atomic E-state index is 13.6. The van der Waals surface area contributed by atoms with E-state index in [-0.39, 0.29) is 11.3 Å². The smallest absolute Gasteiger partial charge is 0.255 e. The lowest BCUT2D eigenvalue weighted by atomic mass is 10.1. The molecule has 0 atom stereocenters. The molecule has 2 aromatic carbocycles. The number of aryl methyl sites for hydroxylation is 1. The molecule has 0 aliphatic heterocycles. The maximum Gasteiger partial charge on any atom is 0.255 e. The predicted octanol–water partition coefficient (Wildman–Crippen LogP) is 3.27. The standard InChI is InChI=1S/C16H13FN2O2/c1-10-3-4-11(9-18)7-14(10)19-16(20)12-5-6-15(21-2)13(17)8-12/h3-8H,1-2H3,(H,19,20). The van der Waals surface area contributed by atoms with E-state index in [1.165, 1.54) is 19.2 Å². The van der Waals surface area contributed by atoms with Crippen LogP contribution in [0.3, 0.4) is 0 Å². The van der Waals surface area contributed by atoms with Gasteiger partial charge in [-0.2, -0.15) is 5.26 Å². The fourth-order valence-corrected chi connectivity index (χ4v) is 1.83. The van der Waals surface area contributed by atoms with Crippen LogP contribution in [0.4, 0.5) is 10.1 Å². The van der Waals surface area contributed by atoms with Crippen LogP contribution in [-0.4, -0.2) is 13.0 Å². The Labute approximate surface area is 121 Å². The lowest BCUT2D eigenvalue weighted by Gasteiger charge is -2.09. The van der Waals surface area contributed by atoms with Crippen LogP contribution < -0.4 is 10.1 Å². The van der Waals surface area contributed by atoms with Crippen molar-refractivity contribution in [1.29, 1.82) is 5.26 Å². The number of ether oxygens (including phenoxy) is 1. The molecule has 106 valence electrons. The van der Waals surface area contributed by atoms with Gasteiger partial charge in [-0.3, -0.25) is 4.79 Å². The quantitative estimate of drug-likeness (QED) is 0.941. The third-order valence-electron chi connectivity index (χ3n) is 3.03. The zero-order chi connectivity index (χ0) is 15.4. The molecule has 1 N–H and O–H groups in total. The zero-order valence-electron chi connectivity index (χ0n) is 11.6. The molecule has 0 aromatic heterocycles. The Kier molecular flexibility index (Phi) is 4.19. The highest BCUT2D eigenvalue weighted by atomic mass is 19.1. The minimum absolute atomic E-state index is 0.0780. The first kappa shape index (κ1) is 14.5. The summed E-state index contributed by atoms with van der Waals surface area (Å²) in [6.45, 7) is 1.81. The summed E-state index contributed by atoms with van der Waals surface area (Å²) in [6.07, 6.45) is 0. The highest BCUT2D eigenvalue weighted by Gasteiger charge is 2.11. The molecule has 0 unspecified atom stereocenters. The molecule has 0 bridgehead atoms. The van der Waals surface area contributed by atoms with E-state index >= 15 is 0 Å². The van der Waals surface area contributed by atoms with Crippen LogP contribution in [0.2, 0.25) is 0 Å². The number of halogens is 1. The third kappa shape index (κ3) is 3.18. The lowest BCUT2D eigenvalue weighted by Crippen LogP contribution is -2.13. The molecule has 0 aliphatic rings. The van der Waals surface area contributed by atoms with Crippen LogP contribution in [0.25, 0.3) is 0 Å². The van der Waals surface area contributed by atoms with Crippen molar-refractivity contribution >= 4 is 11.6 Å². The molecule has 1 amide bonds. The van der Waals surface area contributed by atoms with Crippen LogP contribution in [0.1, 0.15) is 21.5 Å². The fraction of sp³-hybridized carbons (Fsp3) is 0.125. The highest BCUT2D eigenvalue weighted by molar-refractivity contribution is 6.04. The van der Waals surface area contributed by atoms with Gasteiger partial charge in [0, 0.05) is 11.3 Å². The number of benzene rings is 2. The molecule has 0 aliphatic carbocycles. The van der Waals surface area contributed by atoms with Crippen LogP contribution in [0.5, 0.6) is 5.75 Å². The molecule has 4 nitrogen and oxygen atoms in total. The maximum absolute atomic E-state index is 13.6. The van der Waals surface area contributed by atoms with E-state index in [4.69, 9.17) is 10.00 Å². The number of nitrogens with zero attached hydrogens (tertiary/aromatic N) is 1. The fourth-order valence-electron chi connectivity index (χ4n) is 1.83. The van der Waals surface area contributed by atoms with Gasteiger partial charge in [0.25, 0.3) is 5.91 Å². The van der Waals surface area contributed by atoms with Crippen LogP contribution >= 0.6 is 0 Å². The summed E-state index contributed by atoms with van der Waals surface area (Å²) in [4.78, 5) is 12.1. The van der Waals surface area contributed by atoms with E-state index in [2.05, 4.69) is 5.32 Å². The van der Waals surface area contributed by atoms with Crippen molar-refractivity contribution in [2.45, 2.75) is 6.92 Å². The van der Waals surface area contributed by atoms with Gasteiger partial charge in [0.1, 0.15) is 0 Å². The van der Waals surface area contributed by atoms with E-state index in [9.17, 15) is 9.18 Å². The minimum Gasteiger partial charge on any atom is -0.494 e. The summed E-state index contributed by atoms with van der Waals surface area (Å²) >= 11 is 0. The van der Waals surface area contributed by atoms with Crippen molar-refractivity contribution in [2.75, 3.05) is 12.4 Å².